The summed E-state index contributed by atoms with van der Waals surface area (Å²) in [5.74, 6) is 2.56. The molecule has 1 aliphatic carbocycles. The van der Waals surface area contributed by atoms with Crippen LogP contribution in [0.1, 0.15) is 62.0 Å². The Balaban J connectivity index is 1.73. The van der Waals surface area contributed by atoms with Crippen LogP contribution in [0.5, 0.6) is 11.5 Å². The van der Waals surface area contributed by atoms with Gasteiger partial charge in [-0.2, -0.15) is 0 Å². The predicted octanol–water partition coefficient (Wildman–Crippen LogP) is 6.67. The van der Waals surface area contributed by atoms with Crippen molar-refractivity contribution in [2.24, 2.45) is 0 Å². The molecule has 0 bridgehead atoms. The van der Waals surface area contributed by atoms with Gasteiger partial charge in [-0.25, -0.2) is 0 Å². The van der Waals surface area contributed by atoms with Crippen LogP contribution in [-0.2, 0) is 0 Å². The number of fused-ring (bicyclic) bond motifs is 2. The molecule has 2 aromatic carbocycles. The van der Waals surface area contributed by atoms with E-state index in [1.807, 2.05) is 12.1 Å². The van der Waals surface area contributed by atoms with Crippen LogP contribution in [0.2, 0.25) is 0 Å². The number of nitrogens with one attached hydrogen (secondary N) is 1. The van der Waals surface area contributed by atoms with Crippen molar-refractivity contribution >= 4 is 11.4 Å². The standard InChI is InChI=1S/C21H25NO/c1-15-13-14-19-21(22-17-11-7-8-12-18(17)23-19)20(15)16-9-5-3-2-4-6-10-16/h7-8,11-14,16,22H,2-6,9-10H2,1H3. The summed E-state index contributed by atoms with van der Waals surface area (Å²) in [6.45, 7) is 2.25. The molecule has 120 valence electrons. The van der Waals surface area contributed by atoms with Crippen molar-refractivity contribution in [3.05, 3.63) is 47.5 Å². The third-order valence-corrected chi connectivity index (χ3v) is 5.31. The smallest absolute Gasteiger partial charge is 0.151 e. The number of benzene rings is 2. The molecule has 2 heteroatoms. The quantitative estimate of drug-likeness (QED) is 0.542. The van der Waals surface area contributed by atoms with E-state index in [1.165, 1.54) is 61.8 Å². The van der Waals surface area contributed by atoms with Crippen LogP contribution in [-0.4, -0.2) is 0 Å². The molecule has 1 fully saturated rings. The Labute approximate surface area is 138 Å². The molecule has 0 saturated heterocycles. The number of hydrogen-bond donors (Lipinski definition) is 1. The fraction of sp³-hybridized carbons (Fsp3) is 0.429. The highest BCUT2D eigenvalue weighted by Crippen LogP contribution is 2.48. The highest BCUT2D eigenvalue weighted by atomic mass is 16.5. The lowest BCUT2D eigenvalue weighted by molar-refractivity contribution is 0.449. The van der Waals surface area contributed by atoms with Crippen molar-refractivity contribution in [3.63, 3.8) is 0 Å². The van der Waals surface area contributed by atoms with E-state index >= 15 is 0 Å². The zero-order valence-corrected chi connectivity index (χ0v) is 13.9. The lowest BCUT2D eigenvalue weighted by atomic mass is 9.82. The van der Waals surface area contributed by atoms with Crippen molar-refractivity contribution < 1.29 is 4.74 Å². The first-order valence-corrected chi connectivity index (χ1v) is 9.00. The minimum absolute atomic E-state index is 0.659. The van der Waals surface area contributed by atoms with E-state index in [2.05, 4.69) is 36.5 Å². The Morgan fingerprint density at radius 1 is 0.870 bits per heavy atom. The van der Waals surface area contributed by atoms with E-state index in [9.17, 15) is 0 Å². The summed E-state index contributed by atoms with van der Waals surface area (Å²) < 4.78 is 6.16. The molecule has 0 unspecified atom stereocenters. The van der Waals surface area contributed by atoms with Gasteiger partial charge in [-0.3, -0.25) is 0 Å². The van der Waals surface area contributed by atoms with Gasteiger partial charge in [0, 0.05) is 0 Å². The summed E-state index contributed by atoms with van der Waals surface area (Å²) in [4.78, 5) is 0. The lowest BCUT2D eigenvalue weighted by Crippen LogP contribution is -2.11. The minimum atomic E-state index is 0.659. The van der Waals surface area contributed by atoms with Gasteiger partial charge in [0.05, 0.1) is 11.4 Å². The zero-order chi connectivity index (χ0) is 15.6. The first kappa shape index (κ1) is 14.6. The molecule has 4 rings (SSSR count). The van der Waals surface area contributed by atoms with Gasteiger partial charge in [-0.05, 0) is 55.0 Å². The Bertz CT molecular complexity index is 699. The van der Waals surface area contributed by atoms with Gasteiger partial charge >= 0.3 is 0 Å². The number of anilines is 2. The average molecular weight is 307 g/mol. The minimum Gasteiger partial charge on any atom is -0.453 e. The fourth-order valence-corrected chi connectivity index (χ4v) is 4.10. The van der Waals surface area contributed by atoms with Crippen molar-refractivity contribution in [3.8, 4) is 11.5 Å². The van der Waals surface area contributed by atoms with E-state index in [-0.39, 0.29) is 0 Å². The molecule has 1 heterocycles. The van der Waals surface area contributed by atoms with Crippen LogP contribution in [0.4, 0.5) is 11.4 Å². The van der Waals surface area contributed by atoms with Crippen molar-refractivity contribution in [1.82, 2.24) is 0 Å². The second kappa shape index (κ2) is 6.27. The monoisotopic (exact) mass is 307 g/mol. The summed E-state index contributed by atoms with van der Waals surface area (Å²) >= 11 is 0. The molecule has 0 atom stereocenters. The van der Waals surface area contributed by atoms with Gasteiger partial charge in [-0.1, -0.05) is 50.3 Å². The normalized spacial score (nSPS) is 18.0. The molecule has 1 N–H and O–H groups in total. The molecule has 2 aromatic rings. The van der Waals surface area contributed by atoms with Gasteiger partial charge in [-0.15, -0.1) is 0 Å². The average Bonchev–Trinajstić information content (AvgIpc) is 2.54. The third-order valence-electron chi connectivity index (χ3n) is 5.31. The molecule has 0 aromatic heterocycles. The highest BCUT2D eigenvalue weighted by Gasteiger charge is 2.25. The number of para-hydroxylation sites is 2. The van der Waals surface area contributed by atoms with Gasteiger partial charge in [0.1, 0.15) is 0 Å². The van der Waals surface area contributed by atoms with Gasteiger partial charge < -0.3 is 10.1 Å². The number of hydrogen-bond acceptors (Lipinski definition) is 2. The Morgan fingerprint density at radius 2 is 1.61 bits per heavy atom. The lowest BCUT2D eigenvalue weighted by Gasteiger charge is -2.29. The van der Waals surface area contributed by atoms with Crippen LogP contribution < -0.4 is 10.1 Å². The van der Waals surface area contributed by atoms with Crippen LogP contribution in [0.3, 0.4) is 0 Å². The van der Waals surface area contributed by atoms with Crippen molar-refractivity contribution in [2.75, 3.05) is 5.32 Å². The molecule has 2 aliphatic rings. The van der Waals surface area contributed by atoms with E-state index in [1.54, 1.807) is 0 Å². The predicted molar refractivity (Wildman–Crippen MR) is 96.0 cm³/mol. The molecule has 1 aliphatic heterocycles. The Kier molecular flexibility index (Phi) is 3.99. The van der Waals surface area contributed by atoms with Gasteiger partial charge in [0.15, 0.2) is 11.5 Å². The summed E-state index contributed by atoms with van der Waals surface area (Å²) in [5.41, 5.74) is 5.16. The summed E-state index contributed by atoms with van der Waals surface area (Å²) in [6, 6.07) is 12.5. The maximum absolute atomic E-state index is 6.16. The zero-order valence-electron chi connectivity index (χ0n) is 13.9. The number of aryl methyl sites for hydroxylation is 1. The fourth-order valence-electron chi connectivity index (χ4n) is 4.10. The number of rotatable bonds is 1. The van der Waals surface area contributed by atoms with E-state index in [0.29, 0.717) is 5.92 Å². The van der Waals surface area contributed by atoms with Gasteiger partial charge in [0.25, 0.3) is 0 Å². The Hall–Kier alpha value is -1.96. The first-order valence-electron chi connectivity index (χ1n) is 9.00. The molecule has 0 amide bonds. The second-order valence-corrected chi connectivity index (χ2v) is 6.93. The summed E-state index contributed by atoms with van der Waals surface area (Å²) in [6.07, 6.45) is 9.50. The van der Waals surface area contributed by atoms with Gasteiger partial charge in [0.2, 0.25) is 0 Å². The largest absolute Gasteiger partial charge is 0.453 e. The second-order valence-electron chi connectivity index (χ2n) is 6.93. The maximum Gasteiger partial charge on any atom is 0.151 e. The molecule has 23 heavy (non-hydrogen) atoms. The Morgan fingerprint density at radius 3 is 2.43 bits per heavy atom. The molecule has 1 saturated carbocycles. The van der Waals surface area contributed by atoms with E-state index < -0.39 is 0 Å². The number of ether oxygens (including phenoxy) is 1. The molecular weight excluding hydrogens is 282 g/mol. The van der Waals surface area contributed by atoms with Crippen molar-refractivity contribution in [1.29, 1.82) is 0 Å². The first-order chi connectivity index (χ1) is 11.3. The highest BCUT2D eigenvalue weighted by molar-refractivity contribution is 5.79. The molecule has 0 spiro atoms. The van der Waals surface area contributed by atoms with E-state index in [0.717, 1.165) is 17.2 Å². The maximum atomic E-state index is 6.16. The summed E-state index contributed by atoms with van der Waals surface area (Å²) in [7, 11) is 0. The SMILES string of the molecule is Cc1ccc2c(c1C1CCCCCCC1)Nc1ccccc1O2. The summed E-state index contributed by atoms with van der Waals surface area (Å²) in [5, 5.41) is 3.66. The molecular formula is C21H25NO. The topological polar surface area (TPSA) is 21.3 Å². The molecule has 0 radical (unpaired) electrons. The third kappa shape index (κ3) is 2.83. The van der Waals surface area contributed by atoms with Crippen LogP contribution in [0, 0.1) is 6.92 Å². The van der Waals surface area contributed by atoms with E-state index in [4.69, 9.17) is 4.74 Å². The van der Waals surface area contributed by atoms with Crippen LogP contribution in [0.25, 0.3) is 0 Å². The molecule has 2 nitrogen and oxygen atoms in total. The van der Waals surface area contributed by atoms with Crippen molar-refractivity contribution in [2.45, 2.75) is 57.8 Å². The van der Waals surface area contributed by atoms with Crippen LogP contribution >= 0.6 is 0 Å². The van der Waals surface area contributed by atoms with Crippen LogP contribution in [0.15, 0.2) is 36.4 Å².